The molecule has 0 unspecified atom stereocenters. The molecule has 13 nitrogen and oxygen atoms in total. The van der Waals surface area contributed by atoms with E-state index in [9.17, 15) is 14.5 Å². The molecule has 1 aliphatic heterocycles. The quantitative estimate of drug-likeness (QED) is 0.172. The zero-order chi connectivity index (χ0) is 28.4. The van der Waals surface area contributed by atoms with Gasteiger partial charge in [0.05, 0.1) is 25.9 Å². The summed E-state index contributed by atoms with van der Waals surface area (Å²) in [5.41, 5.74) is -1.22. The first-order chi connectivity index (χ1) is 18.6. The smallest absolute Gasteiger partial charge is 0.459 e. The largest absolute Gasteiger partial charge is 0.468 e. The van der Waals surface area contributed by atoms with E-state index in [2.05, 4.69) is 30.1 Å². The first kappa shape index (κ1) is 29.1. The van der Waals surface area contributed by atoms with Crippen LogP contribution < -0.4 is 14.9 Å². The molecule has 2 aromatic heterocycles. The number of hydrogen-bond acceptors (Lipinski definition) is 11. The van der Waals surface area contributed by atoms with Crippen LogP contribution in [0.4, 0.5) is 10.2 Å². The summed E-state index contributed by atoms with van der Waals surface area (Å²) in [5.74, 6) is -0.166. The standard InChI is InChI=1S/C23H29ClFN6O7P/c1-13(22(33)35-4)30-39(34,38-15-8-6-5-7-9-15)36-11-23(10-24)18(32)16(25)21(37-23)31-12-27-17-19(26-3)28-14(2)29-20(17)31/h5-9,12-13,16,18,21,32H,10-11H2,1-4H3,(H,30,34)(H,26,28,29)/t13-,16-,18+,21-,23-,39+/m1/s1. The molecular formula is C23H29ClFN6O7P. The van der Waals surface area contributed by atoms with Crippen molar-refractivity contribution in [2.45, 2.75) is 44.0 Å². The number of rotatable bonds is 11. The van der Waals surface area contributed by atoms with Crippen molar-refractivity contribution in [3.8, 4) is 5.75 Å². The molecule has 1 aliphatic rings. The summed E-state index contributed by atoms with van der Waals surface area (Å²) in [7, 11) is -1.50. The molecule has 3 heterocycles. The lowest BCUT2D eigenvalue weighted by atomic mass is 9.99. The highest BCUT2D eigenvalue weighted by molar-refractivity contribution is 7.52. The second-order valence-electron chi connectivity index (χ2n) is 8.84. The van der Waals surface area contributed by atoms with Gasteiger partial charge in [-0.15, -0.1) is 11.6 Å². The number of para-hydroxylation sites is 1. The van der Waals surface area contributed by atoms with E-state index >= 15 is 4.39 Å². The molecule has 0 amide bonds. The molecule has 0 bridgehead atoms. The van der Waals surface area contributed by atoms with Crippen LogP contribution in [0.3, 0.4) is 0 Å². The summed E-state index contributed by atoms with van der Waals surface area (Å²) in [5, 5.41) is 16.3. The third-order valence-electron chi connectivity index (χ3n) is 6.09. The van der Waals surface area contributed by atoms with E-state index in [1.165, 1.54) is 37.1 Å². The number of anilines is 1. The van der Waals surface area contributed by atoms with Gasteiger partial charge in [-0.25, -0.2) is 23.9 Å². The van der Waals surface area contributed by atoms with Crippen LogP contribution in [0.5, 0.6) is 5.75 Å². The summed E-state index contributed by atoms with van der Waals surface area (Å²) in [6, 6.07) is 6.97. The number of fused-ring (bicyclic) bond motifs is 1. The lowest BCUT2D eigenvalue weighted by Crippen LogP contribution is -2.48. The van der Waals surface area contributed by atoms with E-state index in [1.807, 2.05) is 0 Å². The molecular weight excluding hydrogens is 558 g/mol. The minimum absolute atomic E-state index is 0.166. The highest BCUT2D eigenvalue weighted by Crippen LogP contribution is 2.48. The number of methoxy groups -OCH3 is 1. The predicted molar refractivity (Wildman–Crippen MR) is 139 cm³/mol. The zero-order valence-electron chi connectivity index (χ0n) is 21.6. The van der Waals surface area contributed by atoms with Crippen LogP contribution in [0.25, 0.3) is 11.2 Å². The van der Waals surface area contributed by atoms with Gasteiger partial charge in [-0.2, -0.15) is 5.09 Å². The molecule has 16 heteroatoms. The number of aryl methyl sites for hydroxylation is 1. The van der Waals surface area contributed by atoms with Gasteiger partial charge in [0.2, 0.25) is 0 Å². The van der Waals surface area contributed by atoms with Crippen LogP contribution in [0, 0.1) is 6.92 Å². The van der Waals surface area contributed by atoms with E-state index in [0.29, 0.717) is 17.2 Å². The Kier molecular flexibility index (Phi) is 8.74. The van der Waals surface area contributed by atoms with Crippen LogP contribution in [0.2, 0.25) is 0 Å². The van der Waals surface area contributed by atoms with E-state index in [-0.39, 0.29) is 11.4 Å². The number of halogens is 2. The van der Waals surface area contributed by atoms with Gasteiger partial charge in [0.25, 0.3) is 0 Å². The van der Waals surface area contributed by atoms with Gasteiger partial charge in [-0.3, -0.25) is 13.9 Å². The minimum Gasteiger partial charge on any atom is -0.468 e. The Bertz CT molecular complexity index is 1370. The number of aliphatic hydroxyl groups excluding tert-OH is 1. The van der Waals surface area contributed by atoms with E-state index in [0.717, 1.165) is 0 Å². The fourth-order valence-electron chi connectivity index (χ4n) is 4.06. The Labute approximate surface area is 228 Å². The summed E-state index contributed by atoms with van der Waals surface area (Å²) in [6.45, 7) is 2.40. The minimum atomic E-state index is -4.33. The monoisotopic (exact) mass is 586 g/mol. The number of imidazole rings is 1. The maximum absolute atomic E-state index is 15.6. The Morgan fingerprint density at radius 1 is 1.36 bits per heavy atom. The van der Waals surface area contributed by atoms with Gasteiger partial charge in [0.15, 0.2) is 29.4 Å². The normalized spacial score (nSPS) is 25.3. The topological polar surface area (TPSA) is 159 Å². The second kappa shape index (κ2) is 11.7. The Balaban J connectivity index is 1.62. The maximum Gasteiger partial charge on any atom is 0.459 e. The average Bonchev–Trinajstić information content (AvgIpc) is 3.45. The first-order valence-corrected chi connectivity index (χ1v) is 13.9. The Morgan fingerprint density at radius 3 is 2.72 bits per heavy atom. The van der Waals surface area contributed by atoms with Gasteiger partial charge in [-0.1, -0.05) is 18.2 Å². The second-order valence-corrected chi connectivity index (χ2v) is 10.8. The molecule has 0 saturated carbocycles. The third kappa shape index (κ3) is 5.86. The number of nitrogens with zero attached hydrogens (tertiary/aromatic N) is 4. The van der Waals surface area contributed by atoms with Gasteiger partial charge in [-0.05, 0) is 26.0 Å². The van der Waals surface area contributed by atoms with Gasteiger partial charge >= 0.3 is 13.7 Å². The number of carbonyl (C=O) groups is 1. The van der Waals surface area contributed by atoms with E-state index in [4.69, 9.17) is 25.4 Å². The van der Waals surface area contributed by atoms with Crippen LogP contribution in [-0.4, -0.2) is 81.2 Å². The fourth-order valence-corrected chi connectivity index (χ4v) is 5.90. The number of benzene rings is 1. The molecule has 212 valence electrons. The lowest BCUT2D eigenvalue weighted by molar-refractivity contribution is -0.142. The number of esters is 1. The van der Waals surface area contributed by atoms with Gasteiger partial charge in [0.1, 0.15) is 29.3 Å². The molecule has 3 N–H and O–H groups in total. The summed E-state index contributed by atoms with van der Waals surface area (Å²) in [4.78, 5) is 24.9. The van der Waals surface area contributed by atoms with E-state index in [1.54, 1.807) is 32.2 Å². The van der Waals surface area contributed by atoms with Crippen molar-refractivity contribution in [1.82, 2.24) is 24.6 Å². The average molecular weight is 587 g/mol. The summed E-state index contributed by atoms with van der Waals surface area (Å²) >= 11 is 6.19. The van der Waals surface area contributed by atoms with Crippen molar-refractivity contribution in [1.29, 1.82) is 0 Å². The molecule has 3 aromatic rings. The lowest BCUT2D eigenvalue weighted by Gasteiger charge is -2.31. The molecule has 1 saturated heterocycles. The summed E-state index contributed by atoms with van der Waals surface area (Å²) in [6.07, 6.45) is -3.87. The maximum atomic E-state index is 15.6. The number of aliphatic hydroxyl groups is 1. The number of ether oxygens (including phenoxy) is 2. The van der Waals surface area contributed by atoms with Crippen molar-refractivity contribution in [3.05, 3.63) is 42.5 Å². The van der Waals surface area contributed by atoms with Crippen molar-refractivity contribution < 1.29 is 37.4 Å². The number of alkyl halides is 2. The predicted octanol–water partition coefficient (Wildman–Crippen LogP) is 2.74. The van der Waals surface area contributed by atoms with Crippen molar-refractivity contribution in [3.63, 3.8) is 0 Å². The Morgan fingerprint density at radius 2 is 2.08 bits per heavy atom. The number of hydrogen-bond donors (Lipinski definition) is 3. The SMILES string of the molecule is CNc1nc(C)nc2c1ncn2[C@@H]1O[C@](CCl)(CO[P@@](=O)(N[C@H](C)C(=O)OC)Oc2ccccc2)[C@@H](O)[C@H]1F. The molecule has 1 fully saturated rings. The molecule has 39 heavy (non-hydrogen) atoms. The van der Waals surface area contributed by atoms with Crippen molar-refractivity contribution in [2.24, 2.45) is 0 Å². The van der Waals surface area contributed by atoms with Gasteiger partial charge < -0.3 is 24.4 Å². The molecule has 0 spiro atoms. The number of carbonyl (C=O) groups excluding carboxylic acids is 1. The van der Waals surface area contributed by atoms with Crippen LogP contribution >= 0.6 is 19.3 Å². The fraction of sp³-hybridized carbons (Fsp3) is 0.478. The third-order valence-corrected chi connectivity index (χ3v) is 8.17. The van der Waals surface area contributed by atoms with Crippen molar-refractivity contribution >= 4 is 42.3 Å². The van der Waals surface area contributed by atoms with E-state index < -0.39 is 56.3 Å². The molecule has 0 radical (unpaired) electrons. The van der Waals surface area contributed by atoms with Crippen LogP contribution in [0.15, 0.2) is 36.7 Å². The Hall–Kier alpha value is -2.87. The van der Waals surface area contributed by atoms with Crippen LogP contribution in [0.1, 0.15) is 19.0 Å². The van der Waals surface area contributed by atoms with Gasteiger partial charge in [0, 0.05) is 7.05 Å². The highest BCUT2D eigenvalue weighted by atomic mass is 35.5. The molecule has 1 aromatic carbocycles. The van der Waals surface area contributed by atoms with Crippen LogP contribution in [-0.2, 0) is 23.4 Å². The zero-order valence-corrected chi connectivity index (χ0v) is 23.2. The number of aromatic nitrogens is 4. The van der Waals surface area contributed by atoms with Crippen molar-refractivity contribution in [2.75, 3.05) is 32.0 Å². The first-order valence-electron chi connectivity index (χ1n) is 11.9. The molecule has 4 rings (SSSR count). The highest BCUT2D eigenvalue weighted by Gasteiger charge is 2.57. The summed E-state index contributed by atoms with van der Waals surface area (Å²) < 4.78 is 52.5. The molecule has 6 atom stereocenters. The molecule has 0 aliphatic carbocycles. The number of nitrogens with one attached hydrogen (secondary N) is 2.